The minimum absolute atomic E-state index is 0.0190. The van der Waals surface area contributed by atoms with E-state index in [4.69, 9.17) is 4.99 Å². The predicted molar refractivity (Wildman–Crippen MR) is 147 cm³/mol. The van der Waals surface area contributed by atoms with Crippen molar-refractivity contribution in [3.8, 4) is 0 Å². The van der Waals surface area contributed by atoms with Crippen molar-refractivity contribution in [2.45, 2.75) is 60.4 Å². The van der Waals surface area contributed by atoms with Crippen molar-refractivity contribution in [2.24, 2.45) is 15.8 Å². The highest BCUT2D eigenvalue weighted by atomic mass is 32.1. The molecular formula is C28H38N4O4S. The molecule has 0 radical (unpaired) electrons. The normalized spacial score (nSPS) is 17.8. The lowest BCUT2D eigenvalue weighted by atomic mass is 9.81. The lowest BCUT2D eigenvalue weighted by Crippen LogP contribution is -2.61. The number of nitrogens with zero attached hydrogens (tertiary/aromatic N) is 2. The summed E-state index contributed by atoms with van der Waals surface area (Å²) in [5, 5.41) is 22.3. The molecule has 4 rings (SSSR count). The molecule has 0 saturated carbocycles. The monoisotopic (exact) mass is 526 g/mol. The van der Waals surface area contributed by atoms with Gasteiger partial charge in [-0.1, -0.05) is 33.3 Å². The molecule has 8 nitrogen and oxygen atoms in total. The molecule has 200 valence electrons. The van der Waals surface area contributed by atoms with Crippen LogP contribution in [0.4, 0.5) is 5.69 Å². The number of H-pyrrole nitrogens is 1. The van der Waals surface area contributed by atoms with Crippen molar-refractivity contribution in [1.82, 2.24) is 15.2 Å². The third kappa shape index (κ3) is 5.30. The average Bonchev–Trinajstić information content (AvgIpc) is 3.35. The van der Waals surface area contributed by atoms with Gasteiger partial charge >= 0.3 is 0 Å². The highest BCUT2D eigenvalue weighted by Crippen LogP contribution is 2.36. The molecule has 9 heteroatoms. The number of allylic oxidation sites excluding steroid dienone is 2. The van der Waals surface area contributed by atoms with E-state index in [9.17, 15) is 19.8 Å². The molecule has 1 saturated heterocycles. The maximum Gasteiger partial charge on any atom is 0.264 e. The van der Waals surface area contributed by atoms with E-state index in [0.717, 1.165) is 28.3 Å². The molecule has 2 aromatic rings. The van der Waals surface area contributed by atoms with Gasteiger partial charge in [0.2, 0.25) is 0 Å². The summed E-state index contributed by atoms with van der Waals surface area (Å²) in [6.45, 7) is 12.7. The van der Waals surface area contributed by atoms with E-state index < -0.39 is 5.41 Å². The zero-order valence-corrected chi connectivity index (χ0v) is 23.4. The van der Waals surface area contributed by atoms with Gasteiger partial charge in [-0.2, -0.15) is 0 Å². The van der Waals surface area contributed by atoms with E-state index in [0.29, 0.717) is 35.6 Å². The van der Waals surface area contributed by atoms with Crippen molar-refractivity contribution in [3.63, 3.8) is 0 Å². The van der Waals surface area contributed by atoms with Crippen LogP contribution in [0.3, 0.4) is 0 Å². The van der Waals surface area contributed by atoms with Crippen molar-refractivity contribution < 1.29 is 19.8 Å². The molecule has 37 heavy (non-hydrogen) atoms. The van der Waals surface area contributed by atoms with E-state index >= 15 is 0 Å². The van der Waals surface area contributed by atoms with Crippen LogP contribution in [0, 0.1) is 17.8 Å². The van der Waals surface area contributed by atoms with Gasteiger partial charge in [0, 0.05) is 37.4 Å². The third-order valence-electron chi connectivity index (χ3n) is 7.63. The number of thiophene rings is 1. The number of rotatable bonds is 7. The summed E-state index contributed by atoms with van der Waals surface area (Å²) in [4.78, 5) is 37.8. The number of hydrogen-bond donors (Lipinski definition) is 4. The fourth-order valence-electron chi connectivity index (χ4n) is 4.48. The summed E-state index contributed by atoms with van der Waals surface area (Å²) >= 11 is 1.39. The molecule has 1 unspecified atom stereocenters. The minimum atomic E-state index is -0.611. The smallest absolute Gasteiger partial charge is 0.264 e. The second-order valence-corrected chi connectivity index (χ2v) is 12.6. The van der Waals surface area contributed by atoms with Crippen LogP contribution in [-0.2, 0) is 6.42 Å². The van der Waals surface area contributed by atoms with Crippen LogP contribution in [0.5, 0.6) is 0 Å². The van der Waals surface area contributed by atoms with Gasteiger partial charge in [0.15, 0.2) is 0 Å². The number of aliphatic hydroxyl groups is 2. The summed E-state index contributed by atoms with van der Waals surface area (Å²) < 4.78 is 0. The maximum atomic E-state index is 13.2. The van der Waals surface area contributed by atoms with E-state index in [1.54, 1.807) is 11.1 Å². The minimum Gasteiger partial charge on any atom is -0.396 e. The number of fused-ring (bicyclic) bond motifs is 1. The molecule has 2 aliphatic rings. The highest BCUT2D eigenvalue weighted by molar-refractivity contribution is 7.16. The fraction of sp³-hybridized carbons (Fsp3) is 0.536. The molecule has 0 aromatic carbocycles. The van der Waals surface area contributed by atoms with Crippen LogP contribution in [-0.4, -0.2) is 70.0 Å². The summed E-state index contributed by atoms with van der Waals surface area (Å²) in [5.74, 6) is -0.256. The standard InChI is InChI=1S/C28H38N4O4S/c1-7-18-9-20(22-8-16(2)24(37-22)26(36)32-12-28(13-32,14-33)15-34)31-23-19(11-29-21(23)10-18)25(35)30-17(3)27(4,5)6/h8-9,11,17,29,33-34H,7,10,12-15H2,1-6H3,(H,30,35). The molecule has 4 N–H and O–H groups in total. The van der Waals surface area contributed by atoms with E-state index in [1.165, 1.54) is 16.9 Å². The highest BCUT2D eigenvalue weighted by Gasteiger charge is 2.45. The SMILES string of the molecule is CCC1=CC(c2cc(C)c(C(=O)N3CC(CO)(CO)C3)s2)=Nc2c(C(=O)NC(C)C(C)(C)C)c[nH]c2C1. The van der Waals surface area contributed by atoms with Gasteiger partial charge in [-0.3, -0.25) is 9.59 Å². The molecule has 0 aliphatic carbocycles. The predicted octanol–water partition coefficient (Wildman–Crippen LogP) is 3.99. The second-order valence-electron chi connectivity index (χ2n) is 11.5. The van der Waals surface area contributed by atoms with Gasteiger partial charge in [0.1, 0.15) is 0 Å². The Labute approximate surface area is 222 Å². The summed E-state index contributed by atoms with van der Waals surface area (Å²) in [6.07, 6.45) is 5.32. The first-order valence-electron chi connectivity index (χ1n) is 12.8. The van der Waals surface area contributed by atoms with Crippen LogP contribution in [0.2, 0.25) is 0 Å². The summed E-state index contributed by atoms with van der Waals surface area (Å²) in [7, 11) is 0. The van der Waals surface area contributed by atoms with Crippen LogP contribution < -0.4 is 5.32 Å². The lowest BCUT2D eigenvalue weighted by molar-refractivity contribution is -0.0587. The number of aromatic nitrogens is 1. The molecule has 1 atom stereocenters. The maximum absolute atomic E-state index is 13.2. The molecular weight excluding hydrogens is 488 g/mol. The number of nitrogens with one attached hydrogen (secondary N) is 2. The number of aliphatic imine (C=N–C) groups is 1. The Balaban J connectivity index is 1.65. The number of carbonyl (C=O) groups excluding carboxylic acids is 2. The van der Waals surface area contributed by atoms with Crippen LogP contribution in [0.15, 0.2) is 28.9 Å². The molecule has 2 aliphatic heterocycles. The van der Waals surface area contributed by atoms with Crippen molar-refractivity contribution >= 4 is 34.6 Å². The third-order valence-corrected chi connectivity index (χ3v) is 8.88. The number of amides is 2. The molecule has 4 heterocycles. The van der Waals surface area contributed by atoms with Crippen molar-refractivity contribution in [2.75, 3.05) is 26.3 Å². The van der Waals surface area contributed by atoms with E-state index in [-0.39, 0.29) is 36.5 Å². The van der Waals surface area contributed by atoms with Crippen LogP contribution in [0.25, 0.3) is 0 Å². The zero-order valence-electron chi connectivity index (χ0n) is 22.6. The molecule has 0 bridgehead atoms. The molecule has 1 fully saturated rings. The molecule has 2 aromatic heterocycles. The van der Waals surface area contributed by atoms with E-state index in [1.807, 2.05) is 19.9 Å². The largest absolute Gasteiger partial charge is 0.396 e. The Bertz CT molecular complexity index is 1250. The van der Waals surface area contributed by atoms with Gasteiger partial charge < -0.3 is 25.4 Å². The van der Waals surface area contributed by atoms with Crippen molar-refractivity contribution in [1.29, 1.82) is 0 Å². The van der Waals surface area contributed by atoms with Crippen LogP contribution >= 0.6 is 11.3 Å². The van der Waals surface area contributed by atoms with Crippen LogP contribution in [0.1, 0.15) is 77.2 Å². The Morgan fingerprint density at radius 2 is 1.95 bits per heavy atom. The van der Waals surface area contributed by atoms with Gasteiger partial charge in [0.25, 0.3) is 11.8 Å². The number of carbonyl (C=O) groups is 2. The lowest BCUT2D eigenvalue weighted by Gasteiger charge is -2.48. The topological polar surface area (TPSA) is 118 Å². The number of aromatic amines is 1. The Morgan fingerprint density at radius 1 is 1.27 bits per heavy atom. The first-order valence-corrected chi connectivity index (χ1v) is 13.6. The zero-order chi connectivity index (χ0) is 27.1. The van der Waals surface area contributed by atoms with Gasteiger partial charge in [-0.15, -0.1) is 11.3 Å². The summed E-state index contributed by atoms with van der Waals surface area (Å²) in [6, 6.07) is 1.96. The number of hydrogen-bond acceptors (Lipinski definition) is 6. The second kappa shape index (κ2) is 10.2. The Hall–Kier alpha value is -2.75. The quantitative estimate of drug-likeness (QED) is 0.436. The Kier molecular flexibility index (Phi) is 7.52. The fourth-order valence-corrected chi connectivity index (χ4v) is 5.58. The first-order chi connectivity index (χ1) is 17.4. The Morgan fingerprint density at radius 3 is 2.54 bits per heavy atom. The number of aliphatic hydroxyl groups excluding tert-OH is 2. The molecule has 2 amide bonds. The number of likely N-dealkylation sites (tertiary alicyclic amines) is 1. The van der Waals surface area contributed by atoms with Gasteiger partial charge in [-0.25, -0.2) is 4.99 Å². The number of aryl methyl sites for hydroxylation is 1. The van der Waals surface area contributed by atoms with Gasteiger partial charge in [0.05, 0.1) is 45.3 Å². The molecule has 0 spiro atoms. The first kappa shape index (κ1) is 27.3. The summed E-state index contributed by atoms with van der Waals surface area (Å²) in [5.41, 5.74) is 4.17. The average molecular weight is 527 g/mol. The van der Waals surface area contributed by atoms with E-state index in [2.05, 4.69) is 44.1 Å². The van der Waals surface area contributed by atoms with Gasteiger partial charge in [-0.05, 0) is 43.4 Å². The van der Waals surface area contributed by atoms with Crippen molar-refractivity contribution in [3.05, 3.63) is 50.5 Å².